The molecule has 2 atom stereocenters. The van der Waals surface area contributed by atoms with Gasteiger partial charge in [0, 0.05) is 6.42 Å². The summed E-state index contributed by atoms with van der Waals surface area (Å²) in [6.07, 6.45) is 4.38. The Morgan fingerprint density at radius 3 is 2.88 bits per heavy atom. The fourth-order valence-electron chi connectivity index (χ4n) is 2.97. The lowest BCUT2D eigenvalue weighted by atomic mass is 9.91. The van der Waals surface area contributed by atoms with Crippen LogP contribution in [0.3, 0.4) is 0 Å². The van der Waals surface area contributed by atoms with Crippen LogP contribution < -0.4 is 4.74 Å². The molecule has 1 fully saturated rings. The molecule has 2 heteroatoms. The van der Waals surface area contributed by atoms with E-state index in [1.807, 2.05) is 6.92 Å². The van der Waals surface area contributed by atoms with Crippen molar-refractivity contribution < 1.29 is 9.84 Å². The summed E-state index contributed by atoms with van der Waals surface area (Å²) in [6, 6.07) is 6.40. The first-order valence-corrected chi connectivity index (χ1v) is 6.53. The minimum absolute atomic E-state index is 0.155. The van der Waals surface area contributed by atoms with Crippen molar-refractivity contribution in [1.29, 1.82) is 0 Å². The van der Waals surface area contributed by atoms with Crippen molar-refractivity contribution in [2.75, 3.05) is 0 Å². The first kappa shape index (κ1) is 11.1. The molecule has 2 nitrogen and oxygen atoms in total. The van der Waals surface area contributed by atoms with E-state index >= 15 is 0 Å². The van der Waals surface area contributed by atoms with E-state index in [0.29, 0.717) is 0 Å². The lowest BCUT2D eigenvalue weighted by molar-refractivity contribution is 0.0735. The number of rotatable bonds is 3. The van der Waals surface area contributed by atoms with Crippen molar-refractivity contribution in [2.24, 2.45) is 5.41 Å². The van der Waals surface area contributed by atoms with Gasteiger partial charge in [-0.3, -0.25) is 0 Å². The van der Waals surface area contributed by atoms with Crippen LogP contribution in [0.5, 0.6) is 5.75 Å². The molecule has 17 heavy (non-hydrogen) atoms. The Kier molecular flexibility index (Phi) is 2.44. The highest BCUT2D eigenvalue weighted by atomic mass is 16.5. The third-order valence-electron chi connectivity index (χ3n) is 4.37. The van der Waals surface area contributed by atoms with Crippen LogP contribution in [-0.4, -0.2) is 17.3 Å². The zero-order valence-electron chi connectivity index (χ0n) is 10.6. The Hall–Kier alpha value is -1.02. The normalized spacial score (nSPS) is 26.2. The Morgan fingerprint density at radius 1 is 1.47 bits per heavy atom. The molecule has 0 amide bonds. The van der Waals surface area contributed by atoms with Crippen molar-refractivity contribution in [3.63, 3.8) is 0 Å². The van der Waals surface area contributed by atoms with E-state index in [9.17, 15) is 5.11 Å². The van der Waals surface area contributed by atoms with Gasteiger partial charge in [-0.2, -0.15) is 0 Å². The lowest BCUT2D eigenvalue weighted by Crippen LogP contribution is -2.26. The van der Waals surface area contributed by atoms with Gasteiger partial charge in [0.25, 0.3) is 0 Å². The van der Waals surface area contributed by atoms with Gasteiger partial charge < -0.3 is 9.84 Å². The number of fused-ring (bicyclic) bond motifs is 1. The predicted molar refractivity (Wildman–Crippen MR) is 67.3 cm³/mol. The maximum absolute atomic E-state index is 9.81. The summed E-state index contributed by atoms with van der Waals surface area (Å²) < 4.78 is 5.98. The van der Waals surface area contributed by atoms with Crippen LogP contribution in [-0.2, 0) is 6.42 Å². The topological polar surface area (TPSA) is 29.5 Å². The summed E-state index contributed by atoms with van der Waals surface area (Å²) in [6.45, 7) is 4.03. The Bertz CT molecular complexity index is 433. The van der Waals surface area contributed by atoms with Crippen molar-refractivity contribution in [3.05, 3.63) is 29.3 Å². The molecular formula is C15H20O2. The first-order valence-electron chi connectivity index (χ1n) is 6.53. The molecular weight excluding hydrogens is 212 g/mol. The Balaban J connectivity index is 1.70. The van der Waals surface area contributed by atoms with Crippen LogP contribution in [0.25, 0.3) is 0 Å². The summed E-state index contributed by atoms with van der Waals surface area (Å²) in [7, 11) is 0. The largest absolute Gasteiger partial charge is 0.490 e. The molecule has 92 valence electrons. The maximum Gasteiger partial charge on any atom is 0.123 e. The van der Waals surface area contributed by atoms with Gasteiger partial charge in [-0.05, 0) is 50.2 Å². The zero-order valence-corrected chi connectivity index (χ0v) is 10.6. The van der Waals surface area contributed by atoms with Gasteiger partial charge in [-0.15, -0.1) is 0 Å². The quantitative estimate of drug-likeness (QED) is 0.868. The number of hydrogen-bond donors (Lipinski definition) is 1. The molecule has 2 unspecified atom stereocenters. The third kappa shape index (κ3) is 1.95. The molecule has 0 radical (unpaired) electrons. The molecule has 0 saturated heterocycles. The number of ether oxygens (including phenoxy) is 1. The third-order valence-corrected chi connectivity index (χ3v) is 4.37. The SMILES string of the molecule is Cc1ccc2c(c1)CC(CC1(C(C)O)CC1)O2. The maximum atomic E-state index is 9.81. The molecule has 1 aromatic carbocycles. The van der Waals surface area contributed by atoms with Crippen molar-refractivity contribution >= 4 is 0 Å². The summed E-state index contributed by atoms with van der Waals surface area (Å²) in [5, 5.41) is 9.81. The van der Waals surface area contributed by atoms with Crippen molar-refractivity contribution in [2.45, 2.75) is 51.7 Å². The van der Waals surface area contributed by atoms with Crippen LogP contribution in [0.2, 0.25) is 0 Å². The molecule has 0 aromatic heterocycles. The standard InChI is InChI=1S/C15H20O2/c1-10-3-4-14-12(7-10)8-13(17-14)9-15(5-6-15)11(2)16/h3-4,7,11,13,16H,5-6,8-9H2,1-2H3. The van der Waals surface area contributed by atoms with E-state index in [1.54, 1.807) is 0 Å². The second-order valence-electron chi connectivity index (χ2n) is 5.80. The van der Waals surface area contributed by atoms with Crippen LogP contribution in [0.4, 0.5) is 0 Å². The van der Waals surface area contributed by atoms with Crippen molar-refractivity contribution in [3.8, 4) is 5.75 Å². The van der Waals surface area contributed by atoms with Gasteiger partial charge in [0.15, 0.2) is 0 Å². The average molecular weight is 232 g/mol. The van der Waals surface area contributed by atoms with Crippen LogP contribution >= 0.6 is 0 Å². The highest BCUT2D eigenvalue weighted by molar-refractivity contribution is 5.40. The molecule has 1 saturated carbocycles. The smallest absolute Gasteiger partial charge is 0.123 e. The molecule has 1 heterocycles. The monoisotopic (exact) mass is 232 g/mol. The fourth-order valence-corrected chi connectivity index (χ4v) is 2.97. The molecule has 0 spiro atoms. The molecule has 0 bridgehead atoms. The van der Waals surface area contributed by atoms with Gasteiger partial charge in [-0.1, -0.05) is 17.7 Å². The van der Waals surface area contributed by atoms with Gasteiger partial charge in [-0.25, -0.2) is 0 Å². The molecule has 1 aliphatic carbocycles. The fraction of sp³-hybridized carbons (Fsp3) is 0.600. The van der Waals surface area contributed by atoms with Crippen molar-refractivity contribution in [1.82, 2.24) is 0 Å². The zero-order chi connectivity index (χ0) is 12.0. The van der Waals surface area contributed by atoms with Gasteiger partial charge in [0.05, 0.1) is 6.10 Å². The molecule has 2 aliphatic rings. The van der Waals surface area contributed by atoms with Gasteiger partial charge in [0.1, 0.15) is 11.9 Å². The van der Waals surface area contributed by atoms with E-state index in [-0.39, 0.29) is 17.6 Å². The first-order chi connectivity index (χ1) is 8.09. The Morgan fingerprint density at radius 2 is 2.24 bits per heavy atom. The number of hydrogen-bond acceptors (Lipinski definition) is 2. The van der Waals surface area contributed by atoms with E-state index in [2.05, 4.69) is 25.1 Å². The van der Waals surface area contributed by atoms with Gasteiger partial charge in [0.2, 0.25) is 0 Å². The molecule has 1 N–H and O–H groups in total. The molecule has 1 aliphatic heterocycles. The summed E-state index contributed by atoms with van der Waals surface area (Å²) >= 11 is 0. The number of aryl methyl sites for hydroxylation is 1. The van der Waals surface area contributed by atoms with Crippen LogP contribution in [0, 0.1) is 12.3 Å². The van der Waals surface area contributed by atoms with E-state index in [0.717, 1.165) is 31.4 Å². The average Bonchev–Trinajstić information content (AvgIpc) is 2.93. The molecule has 3 rings (SSSR count). The second kappa shape index (κ2) is 3.74. The predicted octanol–water partition coefficient (Wildman–Crippen LogP) is 2.85. The van der Waals surface area contributed by atoms with E-state index in [4.69, 9.17) is 4.74 Å². The summed E-state index contributed by atoms with van der Waals surface area (Å²) in [4.78, 5) is 0. The minimum Gasteiger partial charge on any atom is -0.490 e. The Labute approximate surface area is 103 Å². The van der Waals surface area contributed by atoms with E-state index in [1.165, 1.54) is 11.1 Å². The van der Waals surface area contributed by atoms with Crippen LogP contribution in [0.15, 0.2) is 18.2 Å². The highest BCUT2D eigenvalue weighted by Crippen LogP contribution is 2.53. The number of aliphatic hydroxyl groups excluding tert-OH is 1. The lowest BCUT2D eigenvalue weighted by Gasteiger charge is -2.22. The summed E-state index contributed by atoms with van der Waals surface area (Å²) in [5.74, 6) is 1.04. The summed E-state index contributed by atoms with van der Waals surface area (Å²) in [5.41, 5.74) is 2.78. The van der Waals surface area contributed by atoms with Gasteiger partial charge >= 0.3 is 0 Å². The van der Waals surface area contributed by atoms with Crippen LogP contribution in [0.1, 0.15) is 37.3 Å². The number of benzene rings is 1. The molecule has 1 aromatic rings. The minimum atomic E-state index is -0.198. The second-order valence-corrected chi connectivity index (χ2v) is 5.80. The highest BCUT2D eigenvalue weighted by Gasteiger charge is 2.49. The van der Waals surface area contributed by atoms with E-state index < -0.39 is 0 Å². The number of aliphatic hydroxyl groups is 1.